The van der Waals surface area contributed by atoms with Crippen molar-refractivity contribution in [2.45, 2.75) is 24.5 Å². The smallest absolute Gasteiger partial charge is 0.280 e. The van der Waals surface area contributed by atoms with Gasteiger partial charge in [-0.3, -0.25) is 14.3 Å². The lowest BCUT2D eigenvalue weighted by Gasteiger charge is -2.18. The molecule has 34 heavy (non-hydrogen) atoms. The number of aromatic amines is 1. The van der Waals surface area contributed by atoms with Gasteiger partial charge in [0.2, 0.25) is 11.9 Å². The molecule has 4 atom stereocenters. The molecule has 7 N–H and O–H groups in total. The van der Waals surface area contributed by atoms with Gasteiger partial charge in [-0.15, -0.1) is 0 Å². The molecule has 4 rings (SSSR count). The van der Waals surface area contributed by atoms with E-state index in [4.69, 9.17) is 19.9 Å². The summed E-state index contributed by atoms with van der Waals surface area (Å²) in [4.78, 5) is 23.0. The van der Waals surface area contributed by atoms with E-state index in [9.17, 15) is 20.1 Å². The van der Waals surface area contributed by atoms with Crippen LogP contribution in [0.15, 0.2) is 26.5 Å². The molecule has 1 aliphatic heterocycles. The lowest BCUT2D eigenvalue weighted by molar-refractivity contribution is -0.0501. The van der Waals surface area contributed by atoms with Crippen molar-refractivity contribution in [2.24, 2.45) is 5.10 Å². The topological polar surface area (TPSA) is 202 Å². The van der Waals surface area contributed by atoms with Gasteiger partial charge in [-0.1, -0.05) is 0 Å². The first kappa shape index (κ1) is 23.9. The van der Waals surface area contributed by atoms with E-state index in [2.05, 4.69) is 41.4 Å². The molecule has 1 aromatic carbocycles. The zero-order chi connectivity index (χ0) is 24.6. The lowest BCUT2D eigenvalue weighted by atomic mass is 10.1. The lowest BCUT2D eigenvalue weighted by Crippen LogP contribution is -2.33. The molecule has 0 amide bonds. The predicted octanol–water partition coefficient (Wildman–Crippen LogP) is -0.461. The van der Waals surface area contributed by atoms with Crippen LogP contribution >= 0.6 is 15.9 Å². The average molecular weight is 540 g/mol. The zero-order valence-corrected chi connectivity index (χ0v) is 19.6. The first-order valence-electron chi connectivity index (χ1n) is 9.89. The zero-order valence-electron chi connectivity index (χ0n) is 18.0. The molecule has 15 heteroatoms. The van der Waals surface area contributed by atoms with Crippen LogP contribution in [0, 0.1) is 0 Å². The summed E-state index contributed by atoms with van der Waals surface area (Å²) < 4.78 is 18.1. The van der Waals surface area contributed by atoms with Crippen molar-refractivity contribution in [2.75, 3.05) is 32.0 Å². The summed E-state index contributed by atoms with van der Waals surface area (Å²) >= 11 is 3.43. The largest absolute Gasteiger partial charge is 0.493 e. The highest BCUT2D eigenvalue weighted by Gasteiger charge is 2.45. The number of H-pyrrole nitrogens is 1. The van der Waals surface area contributed by atoms with Crippen LogP contribution in [-0.2, 0) is 4.74 Å². The molecule has 0 unspecified atom stereocenters. The Labute approximate surface area is 200 Å². The van der Waals surface area contributed by atoms with Gasteiger partial charge in [-0.05, 0) is 28.1 Å². The van der Waals surface area contributed by atoms with E-state index >= 15 is 0 Å². The fourth-order valence-corrected chi connectivity index (χ4v) is 3.97. The summed E-state index contributed by atoms with van der Waals surface area (Å²) in [6.07, 6.45) is -3.68. The van der Waals surface area contributed by atoms with Gasteiger partial charge in [0.25, 0.3) is 5.56 Å². The number of hydrogen-bond acceptors (Lipinski definition) is 12. The van der Waals surface area contributed by atoms with Gasteiger partial charge in [0.05, 0.1) is 27.0 Å². The Balaban J connectivity index is 1.74. The fraction of sp³-hybridized carbons (Fsp3) is 0.368. The third kappa shape index (κ3) is 4.19. The molecular weight excluding hydrogens is 518 g/mol. The Kier molecular flexibility index (Phi) is 6.72. The maximum absolute atomic E-state index is 12.4. The number of aliphatic hydroxyl groups is 3. The Morgan fingerprint density at radius 3 is 2.65 bits per heavy atom. The van der Waals surface area contributed by atoms with Crippen LogP contribution in [0.1, 0.15) is 11.8 Å². The number of hydrogen-bond donors (Lipinski definition) is 6. The number of hydrazone groups is 1. The van der Waals surface area contributed by atoms with Crippen molar-refractivity contribution in [3.8, 4) is 11.5 Å². The quantitative estimate of drug-likeness (QED) is 0.167. The summed E-state index contributed by atoms with van der Waals surface area (Å²) in [5, 5.41) is 34.3. The molecule has 1 saturated heterocycles. The number of aliphatic hydroxyl groups excluding tert-OH is 3. The van der Waals surface area contributed by atoms with Gasteiger partial charge >= 0.3 is 0 Å². The number of benzene rings is 1. The van der Waals surface area contributed by atoms with Crippen LogP contribution in [0.4, 0.5) is 11.9 Å². The highest BCUT2D eigenvalue weighted by atomic mass is 79.9. The van der Waals surface area contributed by atoms with Gasteiger partial charge in [0.1, 0.15) is 18.3 Å². The number of methoxy groups -OCH3 is 2. The Hall–Kier alpha value is -3.24. The number of anilines is 2. The van der Waals surface area contributed by atoms with Gasteiger partial charge in [0, 0.05) is 10.0 Å². The van der Waals surface area contributed by atoms with E-state index in [-0.39, 0.29) is 23.1 Å². The van der Waals surface area contributed by atoms with E-state index in [0.29, 0.717) is 21.5 Å². The number of nitrogens with two attached hydrogens (primary N) is 1. The molecule has 0 spiro atoms. The van der Waals surface area contributed by atoms with Crippen molar-refractivity contribution in [1.29, 1.82) is 0 Å². The number of imidazole rings is 1. The molecule has 0 bridgehead atoms. The maximum Gasteiger partial charge on any atom is 0.280 e. The number of nitrogens with one attached hydrogen (secondary N) is 2. The minimum absolute atomic E-state index is 0.0129. The first-order chi connectivity index (χ1) is 16.3. The molecule has 2 aromatic heterocycles. The maximum atomic E-state index is 12.4. The first-order valence-corrected chi connectivity index (χ1v) is 10.7. The van der Waals surface area contributed by atoms with Gasteiger partial charge in [0.15, 0.2) is 28.9 Å². The minimum atomic E-state index is -1.46. The van der Waals surface area contributed by atoms with E-state index < -0.39 is 36.7 Å². The molecular formula is C19H22BrN7O7. The Morgan fingerprint density at radius 2 is 2.00 bits per heavy atom. The van der Waals surface area contributed by atoms with Crippen LogP contribution in [-0.4, -0.2) is 80.2 Å². The molecule has 182 valence electrons. The average Bonchev–Trinajstić information content (AvgIpc) is 3.31. The van der Waals surface area contributed by atoms with Crippen molar-refractivity contribution < 1.29 is 29.5 Å². The second-order valence-corrected chi connectivity index (χ2v) is 8.11. The summed E-state index contributed by atoms with van der Waals surface area (Å²) in [5.41, 5.74) is 8.27. The van der Waals surface area contributed by atoms with Crippen LogP contribution in [0.2, 0.25) is 0 Å². The van der Waals surface area contributed by atoms with Crippen LogP contribution < -0.4 is 26.2 Å². The minimum Gasteiger partial charge on any atom is -0.493 e. The normalized spacial score (nSPS) is 22.5. The molecule has 1 fully saturated rings. The second kappa shape index (κ2) is 9.55. The van der Waals surface area contributed by atoms with Crippen LogP contribution in [0.5, 0.6) is 11.5 Å². The summed E-state index contributed by atoms with van der Waals surface area (Å²) in [5.74, 6) is 0.793. The predicted molar refractivity (Wildman–Crippen MR) is 124 cm³/mol. The monoisotopic (exact) mass is 539 g/mol. The number of ether oxygens (including phenoxy) is 3. The standard InChI is InChI=1S/C19H22BrN7O7/c1-32-9-3-7(8(20)4-10(9)33-2)5-22-26-19-23-12-15(24-18(21)25-16(12)31)27(19)17-14(30)13(29)11(6-28)34-17/h3-5,11,13-14,17,28-30H,6H2,1-2H3,(H,23,26)(H3,21,24,25,31)/b22-5-/t11-,13-,14-,17-/m1/s1. The van der Waals surface area contributed by atoms with Crippen molar-refractivity contribution >= 4 is 45.2 Å². The molecule has 3 aromatic rings. The van der Waals surface area contributed by atoms with E-state index in [0.717, 1.165) is 0 Å². The molecule has 14 nitrogen and oxygen atoms in total. The van der Waals surface area contributed by atoms with E-state index in [1.165, 1.54) is 25.0 Å². The Morgan fingerprint density at radius 1 is 1.29 bits per heavy atom. The van der Waals surface area contributed by atoms with E-state index in [1.807, 2.05) is 0 Å². The van der Waals surface area contributed by atoms with Gasteiger partial charge < -0.3 is 35.3 Å². The Bertz CT molecular complexity index is 1290. The molecule has 0 radical (unpaired) electrons. The molecule has 3 heterocycles. The fourth-order valence-electron chi connectivity index (χ4n) is 3.54. The summed E-state index contributed by atoms with van der Waals surface area (Å²) in [6.45, 7) is -0.536. The number of nitrogen functional groups attached to an aromatic ring is 1. The van der Waals surface area contributed by atoms with Crippen molar-refractivity contribution in [1.82, 2.24) is 19.5 Å². The summed E-state index contributed by atoms with van der Waals surface area (Å²) in [6, 6.07) is 3.40. The number of fused-ring (bicyclic) bond motifs is 1. The van der Waals surface area contributed by atoms with Crippen molar-refractivity contribution in [3.63, 3.8) is 0 Å². The highest BCUT2D eigenvalue weighted by molar-refractivity contribution is 9.10. The molecule has 0 saturated carbocycles. The summed E-state index contributed by atoms with van der Waals surface area (Å²) in [7, 11) is 3.02. The van der Waals surface area contributed by atoms with Crippen LogP contribution in [0.3, 0.4) is 0 Å². The van der Waals surface area contributed by atoms with Gasteiger partial charge in [-0.2, -0.15) is 10.1 Å². The number of halogens is 1. The highest BCUT2D eigenvalue weighted by Crippen LogP contribution is 2.34. The third-order valence-corrected chi connectivity index (χ3v) is 5.90. The third-order valence-electron chi connectivity index (χ3n) is 5.21. The van der Waals surface area contributed by atoms with E-state index in [1.54, 1.807) is 12.1 Å². The molecule has 1 aliphatic rings. The second-order valence-electron chi connectivity index (χ2n) is 7.26. The van der Waals surface area contributed by atoms with Crippen molar-refractivity contribution in [3.05, 3.63) is 32.5 Å². The number of nitrogens with zero attached hydrogens (tertiary/aromatic N) is 4. The van der Waals surface area contributed by atoms with Gasteiger partial charge in [-0.25, -0.2) is 10.4 Å². The number of rotatable bonds is 7. The van der Waals surface area contributed by atoms with Crippen LogP contribution in [0.25, 0.3) is 11.2 Å². The molecule has 0 aliphatic carbocycles. The number of aromatic nitrogens is 4. The SMILES string of the molecule is COc1cc(Br)c(/C=N\Nc2nc3c(=O)[nH]c(N)nc3n2[C@@H]2O[C@H](CO)[C@@H](O)[C@H]2O)cc1OC.